The van der Waals surface area contributed by atoms with Crippen LogP contribution in [0, 0.1) is 24.0 Å². The van der Waals surface area contributed by atoms with Crippen LogP contribution in [-0.4, -0.2) is 4.92 Å². The lowest BCUT2D eigenvalue weighted by Gasteiger charge is -2.07. The van der Waals surface area contributed by atoms with Gasteiger partial charge in [0.25, 0.3) is 5.69 Å². The molecule has 0 spiro atoms. The molecule has 0 aliphatic heterocycles. The summed E-state index contributed by atoms with van der Waals surface area (Å²) in [6, 6.07) is 13.4. The number of rotatable bonds is 3. The Hall–Kier alpha value is -1.81. The van der Waals surface area contributed by atoms with Gasteiger partial charge in [-0.3, -0.25) is 10.1 Å². The number of benzene rings is 2. The van der Waals surface area contributed by atoms with Gasteiger partial charge in [-0.2, -0.15) is 0 Å². The van der Waals surface area contributed by atoms with E-state index in [2.05, 4.69) is 0 Å². The topological polar surface area (TPSA) is 43.1 Å². The average molecular weight is 259 g/mol. The second-order valence-electron chi connectivity index (χ2n) is 4.03. The largest absolute Gasteiger partial charge is 0.286 e. The molecule has 0 radical (unpaired) electrons. The maximum Gasteiger partial charge on any atom is 0.286 e. The molecule has 0 heterocycles. The van der Waals surface area contributed by atoms with Crippen molar-refractivity contribution in [1.82, 2.24) is 0 Å². The molecule has 0 aliphatic rings. The predicted octanol–water partition coefficient (Wildman–Crippen LogP) is 4.36. The van der Waals surface area contributed by atoms with E-state index in [1.54, 1.807) is 6.92 Å². The molecule has 18 heavy (non-hydrogen) atoms. The summed E-state index contributed by atoms with van der Waals surface area (Å²) in [5.41, 5.74) is 1.89. The molecular formula is C14H13NO2S. The maximum atomic E-state index is 11.2. The standard InChI is InChI=1S/C14H13NO2S/c1-10-8-9-13(14(11(10)2)15(16)17)18-12-6-4-3-5-7-12/h3-9H,1-2H3. The highest BCUT2D eigenvalue weighted by atomic mass is 32.2. The van der Waals surface area contributed by atoms with Crippen molar-refractivity contribution in [3.63, 3.8) is 0 Å². The van der Waals surface area contributed by atoms with Crippen molar-refractivity contribution >= 4 is 17.4 Å². The molecule has 0 aliphatic carbocycles. The van der Waals surface area contributed by atoms with E-state index in [4.69, 9.17) is 0 Å². The highest BCUT2D eigenvalue weighted by molar-refractivity contribution is 7.99. The minimum atomic E-state index is -0.298. The molecular weight excluding hydrogens is 246 g/mol. The lowest BCUT2D eigenvalue weighted by Crippen LogP contribution is -1.96. The number of nitro benzene ring substituents is 1. The molecule has 92 valence electrons. The Morgan fingerprint density at radius 3 is 2.33 bits per heavy atom. The van der Waals surface area contributed by atoms with Crippen molar-refractivity contribution in [1.29, 1.82) is 0 Å². The first-order valence-corrected chi connectivity index (χ1v) is 6.38. The lowest BCUT2D eigenvalue weighted by molar-refractivity contribution is -0.388. The summed E-state index contributed by atoms with van der Waals surface area (Å²) >= 11 is 1.42. The highest BCUT2D eigenvalue weighted by Gasteiger charge is 2.19. The summed E-state index contributed by atoms with van der Waals surface area (Å²) in [6.07, 6.45) is 0. The smallest absolute Gasteiger partial charge is 0.258 e. The number of hydrogen-bond acceptors (Lipinski definition) is 3. The molecule has 0 saturated carbocycles. The van der Waals surface area contributed by atoms with Crippen LogP contribution in [-0.2, 0) is 0 Å². The van der Waals surface area contributed by atoms with E-state index in [0.29, 0.717) is 4.90 Å². The van der Waals surface area contributed by atoms with Crippen molar-refractivity contribution < 1.29 is 4.92 Å². The second kappa shape index (κ2) is 5.23. The molecule has 4 heteroatoms. The van der Waals surface area contributed by atoms with E-state index in [-0.39, 0.29) is 10.6 Å². The van der Waals surface area contributed by atoms with E-state index in [9.17, 15) is 10.1 Å². The van der Waals surface area contributed by atoms with Crippen LogP contribution < -0.4 is 0 Å². The number of hydrogen-bond donors (Lipinski definition) is 0. The molecule has 0 saturated heterocycles. The fourth-order valence-electron chi connectivity index (χ4n) is 1.70. The van der Waals surface area contributed by atoms with Gasteiger partial charge in [-0.05, 0) is 37.6 Å². The van der Waals surface area contributed by atoms with Gasteiger partial charge in [0.05, 0.1) is 9.82 Å². The molecule has 0 atom stereocenters. The summed E-state index contributed by atoms with van der Waals surface area (Å²) in [5.74, 6) is 0. The third-order valence-electron chi connectivity index (χ3n) is 2.82. The fraction of sp³-hybridized carbons (Fsp3) is 0.143. The quantitative estimate of drug-likeness (QED) is 0.607. The van der Waals surface area contributed by atoms with E-state index in [0.717, 1.165) is 16.0 Å². The van der Waals surface area contributed by atoms with Crippen LogP contribution in [0.15, 0.2) is 52.3 Å². The fourth-order valence-corrected chi connectivity index (χ4v) is 2.71. The normalized spacial score (nSPS) is 10.3. The van der Waals surface area contributed by atoms with Gasteiger partial charge in [-0.15, -0.1) is 0 Å². The Labute approximate surface area is 110 Å². The Kier molecular flexibility index (Phi) is 3.67. The predicted molar refractivity (Wildman–Crippen MR) is 73.1 cm³/mol. The van der Waals surface area contributed by atoms with Gasteiger partial charge >= 0.3 is 0 Å². The van der Waals surface area contributed by atoms with Crippen LogP contribution in [0.1, 0.15) is 11.1 Å². The minimum Gasteiger partial charge on any atom is -0.258 e. The summed E-state index contributed by atoms with van der Waals surface area (Å²) in [6.45, 7) is 3.68. The maximum absolute atomic E-state index is 11.2. The first-order valence-electron chi connectivity index (χ1n) is 5.57. The van der Waals surface area contributed by atoms with E-state index in [1.807, 2.05) is 49.4 Å². The van der Waals surface area contributed by atoms with Crippen LogP contribution in [0.5, 0.6) is 0 Å². The summed E-state index contributed by atoms with van der Waals surface area (Å²) in [5, 5.41) is 11.2. The number of nitrogens with zero attached hydrogens (tertiary/aromatic N) is 1. The third kappa shape index (κ3) is 2.54. The number of aryl methyl sites for hydroxylation is 1. The molecule has 2 aromatic carbocycles. The molecule has 0 N–H and O–H groups in total. The van der Waals surface area contributed by atoms with Gasteiger partial charge in [0.1, 0.15) is 0 Å². The highest BCUT2D eigenvalue weighted by Crippen LogP contribution is 2.37. The average Bonchev–Trinajstić information content (AvgIpc) is 2.35. The Balaban J connectivity index is 2.45. The van der Waals surface area contributed by atoms with Gasteiger partial charge in [-0.25, -0.2) is 0 Å². The van der Waals surface area contributed by atoms with Crippen molar-refractivity contribution in [2.75, 3.05) is 0 Å². The van der Waals surface area contributed by atoms with E-state index >= 15 is 0 Å². The van der Waals surface area contributed by atoms with Crippen molar-refractivity contribution in [3.8, 4) is 0 Å². The first kappa shape index (κ1) is 12.6. The molecule has 0 aromatic heterocycles. The number of nitro groups is 1. The Morgan fingerprint density at radius 2 is 1.72 bits per heavy atom. The first-order chi connectivity index (χ1) is 8.59. The zero-order chi connectivity index (χ0) is 13.1. The Bertz CT molecular complexity index is 582. The van der Waals surface area contributed by atoms with Crippen molar-refractivity contribution in [2.24, 2.45) is 0 Å². The SMILES string of the molecule is Cc1ccc(Sc2ccccc2)c([N+](=O)[O-])c1C. The van der Waals surface area contributed by atoms with Crippen molar-refractivity contribution in [2.45, 2.75) is 23.6 Å². The Morgan fingerprint density at radius 1 is 1.06 bits per heavy atom. The van der Waals surface area contributed by atoms with Gasteiger partial charge < -0.3 is 0 Å². The van der Waals surface area contributed by atoms with E-state index in [1.165, 1.54) is 11.8 Å². The molecule has 0 bridgehead atoms. The van der Waals surface area contributed by atoms with Crippen LogP contribution in [0.25, 0.3) is 0 Å². The van der Waals surface area contributed by atoms with Gasteiger partial charge in [0, 0.05) is 10.5 Å². The summed E-state index contributed by atoms with van der Waals surface area (Å²) in [4.78, 5) is 12.6. The van der Waals surface area contributed by atoms with Crippen LogP contribution >= 0.6 is 11.8 Å². The summed E-state index contributed by atoms with van der Waals surface area (Å²) < 4.78 is 0. The van der Waals surface area contributed by atoms with Gasteiger partial charge in [0.2, 0.25) is 0 Å². The van der Waals surface area contributed by atoms with Gasteiger partial charge in [-0.1, -0.05) is 36.0 Å². The minimum absolute atomic E-state index is 0.212. The van der Waals surface area contributed by atoms with Crippen LogP contribution in [0.4, 0.5) is 5.69 Å². The summed E-state index contributed by atoms with van der Waals surface area (Å²) in [7, 11) is 0. The van der Waals surface area contributed by atoms with Gasteiger partial charge in [0.15, 0.2) is 0 Å². The monoisotopic (exact) mass is 259 g/mol. The van der Waals surface area contributed by atoms with Crippen LogP contribution in [0.3, 0.4) is 0 Å². The second-order valence-corrected chi connectivity index (χ2v) is 5.14. The van der Waals surface area contributed by atoms with Crippen molar-refractivity contribution in [3.05, 3.63) is 63.7 Å². The zero-order valence-electron chi connectivity index (χ0n) is 10.2. The molecule has 2 aromatic rings. The lowest BCUT2D eigenvalue weighted by atomic mass is 10.1. The molecule has 3 nitrogen and oxygen atoms in total. The molecule has 0 amide bonds. The van der Waals surface area contributed by atoms with E-state index < -0.39 is 0 Å². The zero-order valence-corrected chi connectivity index (χ0v) is 11.0. The third-order valence-corrected chi connectivity index (χ3v) is 3.88. The molecule has 0 fully saturated rings. The molecule has 0 unspecified atom stereocenters. The molecule has 2 rings (SSSR count). The van der Waals surface area contributed by atoms with Crippen LogP contribution in [0.2, 0.25) is 0 Å².